The van der Waals surface area contributed by atoms with Crippen molar-refractivity contribution in [3.63, 3.8) is 0 Å². The number of hydrogen-bond acceptors (Lipinski definition) is 6. The van der Waals surface area contributed by atoms with Crippen molar-refractivity contribution in [2.75, 3.05) is 30.5 Å². The average molecular weight is 629 g/mol. The highest BCUT2D eigenvalue weighted by Gasteiger charge is 2.57. The predicted octanol–water partition coefficient (Wildman–Crippen LogP) is 8.03. The van der Waals surface area contributed by atoms with Gasteiger partial charge in [0.05, 0.1) is 36.8 Å². The number of ether oxygens (including phenoxy) is 2. The van der Waals surface area contributed by atoms with Crippen molar-refractivity contribution in [2.45, 2.75) is 38.7 Å². The lowest BCUT2D eigenvalue weighted by Crippen LogP contribution is -2.35. The van der Waals surface area contributed by atoms with Crippen LogP contribution in [-0.2, 0) is 19.1 Å². The molecule has 240 valence electrons. The van der Waals surface area contributed by atoms with Gasteiger partial charge < -0.3 is 19.9 Å². The molecule has 2 fully saturated rings. The number of amides is 2. The molecular weight excluding hydrogens is 588 g/mol. The Labute approximate surface area is 275 Å². The molecular formula is C40H40N2O5. The molecule has 4 atom stereocenters. The van der Waals surface area contributed by atoms with Gasteiger partial charge in [-0.2, -0.15) is 0 Å². The van der Waals surface area contributed by atoms with Gasteiger partial charge in [0.2, 0.25) is 11.8 Å². The van der Waals surface area contributed by atoms with Crippen molar-refractivity contribution >= 4 is 45.7 Å². The van der Waals surface area contributed by atoms with E-state index in [1.807, 2.05) is 84.9 Å². The molecule has 2 N–H and O–H groups in total. The molecule has 47 heavy (non-hydrogen) atoms. The molecule has 0 saturated carbocycles. The van der Waals surface area contributed by atoms with Crippen LogP contribution in [-0.4, -0.2) is 43.3 Å². The molecule has 7 rings (SSSR count). The van der Waals surface area contributed by atoms with Gasteiger partial charge in [0.25, 0.3) is 0 Å². The Morgan fingerprint density at radius 1 is 0.915 bits per heavy atom. The van der Waals surface area contributed by atoms with Gasteiger partial charge in [-0.15, -0.1) is 0 Å². The number of nitrogens with zero attached hydrogens (tertiary/aromatic N) is 1. The minimum absolute atomic E-state index is 0.127. The van der Waals surface area contributed by atoms with E-state index in [9.17, 15) is 14.7 Å². The van der Waals surface area contributed by atoms with Crippen LogP contribution in [0.5, 0.6) is 5.75 Å². The number of nitrogens with one attached hydrogen (secondary N) is 1. The quantitative estimate of drug-likeness (QED) is 0.137. The Morgan fingerprint density at radius 2 is 1.64 bits per heavy atom. The monoisotopic (exact) mass is 628 g/mol. The van der Waals surface area contributed by atoms with Gasteiger partial charge in [-0.05, 0) is 90.2 Å². The number of carbonyl (C=O) groups is 2. The van der Waals surface area contributed by atoms with E-state index in [2.05, 4.69) is 18.3 Å². The van der Waals surface area contributed by atoms with E-state index in [0.29, 0.717) is 25.3 Å². The molecule has 7 heteroatoms. The number of benzene rings is 4. The molecule has 1 aliphatic carbocycles. The summed E-state index contributed by atoms with van der Waals surface area (Å²) in [4.78, 5) is 29.3. The molecule has 0 unspecified atom stereocenters. The van der Waals surface area contributed by atoms with Crippen LogP contribution >= 0.6 is 0 Å². The third-order valence-electron chi connectivity index (χ3n) is 9.99. The van der Waals surface area contributed by atoms with Crippen molar-refractivity contribution in [3.8, 4) is 5.75 Å². The zero-order valence-corrected chi connectivity index (χ0v) is 26.8. The summed E-state index contributed by atoms with van der Waals surface area (Å²) in [6.07, 6.45) is 5.12. The lowest BCUT2D eigenvalue weighted by molar-refractivity contribution is -0.122. The van der Waals surface area contributed by atoms with E-state index in [0.717, 1.165) is 58.1 Å². The van der Waals surface area contributed by atoms with Gasteiger partial charge in [0.15, 0.2) is 0 Å². The highest BCUT2D eigenvalue weighted by molar-refractivity contribution is 6.22. The normalized spacial score (nSPS) is 22.6. The van der Waals surface area contributed by atoms with Gasteiger partial charge in [-0.1, -0.05) is 67.1 Å². The van der Waals surface area contributed by atoms with E-state index in [1.54, 1.807) is 13.2 Å². The highest BCUT2D eigenvalue weighted by Crippen LogP contribution is 2.50. The molecule has 4 aromatic rings. The average Bonchev–Trinajstić information content (AvgIpc) is 3.63. The number of imide groups is 1. The second kappa shape index (κ2) is 13.2. The van der Waals surface area contributed by atoms with Crippen LogP contribution in [0.1, 0.15) is 38.2 Å². The maximum atomic E-state index is 14.0. The summed E-state index contributed by atoms with van der Waals surface area (Å²) in [5, 5.41) is 15.6. The fraction of sp³-hybridized carbons (Fsp3) is 0.300. The van der Waals surface area contributed by atoms with Gasteiger partial charge in [-0.25, -0.2) is 0 Å². The molecule has 2 aliphatic heterocycles. The number of fused-ring (bicyclic) bond motifs is 4. The molecule has 0 spiro atoms. The number of phenols is 1. The van der Waals surface area contributed by atoms with Gasteiger partial charge in [0.1, 0.15) is 5.75 Å². The molecule has 4 aromatic carbocycles. The minimum Gasteiger partial charge on any atom is -0.507 e. The van der Waals surface area contributed by atoms with Gasteiger partial charge >= 0.3 is 0 Å². The summed E-state index contributed by atoms with van der Waals surface area (Å²) in [7, 11) is 1.68. The van der Waals surface area contributed by atoms with Gasteiger partial charge in [0, 0.05) is 29.8 Å². The van der Waals surface area contributed by atoms with Crippen LogP contribution in [0.2, 0.25) is 0 Å². The second-order valence-electron chi connectivity index (χ2n) is 12.7. The molecule has 2 amide bonds. The summed E-state index contributed by atoms with van der Waals surface area (Å²) in [6.45, 7) is 3.01. The molecule has 2 heterocycles. The van der Waals surface area contributed by atoms with Crippen molar-refractivity contribution in [2.24, 2.45) is 17.8 Å². The Kier molecular flexibility index (Phi) is 8.67. The first-order chi connectivity index (χ1) is 23.0. The van der Waals surface area contributed by atoms with Crippen molar-refractivity contribution in [1.29, 1.82) is 0 Å². The SMILES string of the molecule is CC/C(=C\c1ccc(O)c2ccccc12)CC[C@H]1OC[C@H]2C1=C(COC)C[C@H]1C(=O)N(c3ccc(Nc4ccccc4)cc3)C(=O)[C@H]12. The number of para-hydroxylation sites is 1. The lowest BCUT2D eigenvalue weighted by Gasteiger charge is -2.31. The third-order valence-corrected chi connectivity index (χ3v) is 9.99. The van der Waals surface area contributed by atoms with E-state index in [-0.39, 0.29) is 29.6 Å². The van der Waals surface area contributed by atoms with E-state index >= 15 is 0 Å². The van der Waals surface area contributed by atoms with Crippen LogP contribution in [0.15, 0.2) is 108 Å². The predicted molar refractivity (Wildman–Crippen MR) is 186 cm³/mol. The molecule has 7 nitrogen and oxygen atoms in total. The molecule has 0 bridgehead atoms. The summed E-state index contributed by atoms with van der Waals surface area (Å²) in [6, 6.07) is 29.0. The fourth-order valence-electron chi connectivity index (χ4n) is 7.74. The number of phenolic OH excluding ortho intramolecular Hbond substituents is 1. The number of rotatable bonds is 10. The van der Waals surface area contributed by atoms with Crippen LogP contribution in [0, 0.1) is 17.8 Å². The number of hydrogen-bond donors (Lipinski definition) is 2. The Morgan fingerprint density at radius 3 is 2.38 bits per heavy atom. The zero-order valence-electron chi connectivity index (χ0n) is 26.8. The Balaban J connectivity index is 1.10. The lowest BCUT2D eigenvalue weighted by atomic mass is 9.69. The summed E-state index contributed by atoms with van der Waals surface area (Å²) >= 11 is 0. The van der Waals surface area contributed by atoms with Crippen LogP contribution < -0.4 is 10.2 Å². The van der Waals surface area contributed by atoms with Crippen LogP contribution in [0.25, 0.3) is 16.8 Å². The van der Waals surface area contributed by atoms with Crippen molar-refractivity contribution < 1.29 is 24.2 Å². The number of anilines is 3. The maximum Gasteiger partial charge on any atom is 0.238 e. The zero-order chi connectivity index (χ0) is 32.5. The molecule has 0 radical (unpaired) electrons. The van der Waals surface area contributed by atoms with Crippen molar-refractivity contribution in [3.05, 3.63) is 113 Å². The number of methoxy groups -OCH3 is 1. The smallest absolute Gasteiger partial charge is 0.238 e. The Bertz CT molecular complexity index is 1860. The number of aromatic hydroxyl groups is 1. The second-order valence-corrected chi connectivity index (χ2v) is 12.7. The third kappa shape index (κ3) is 5.86. The first-order valence-electron chi connectivity index (χ1n) is 16.5. The summed E-state index contributed by atoms with van der Waals surface area (Å²) in [5.41, 5.74) is 7.07. The first-order valence-corrected chi connectivity index (χ1v) is 16.5. The Hall–Kier alpha value is -4.72. The van der Waals surface area contributed by atoms with Crippen molar-refractivity contribution in [1.82, 2.24) is 0 Å². The van der Waals surface area contributed by atoms with E-state index in [1.165, 1.54) is 10.5 Å². The number of allylic oxidation sites excluding steroid dienone is 1. The minimum atomic E-state index is -0.435. The number of carbonyl (C=O) groups excluding carboxylic acids is 2. The standard InChI is InChI=1S/C40H40N2O5/c1-3-25(21-26-14-19-35(43)32-12-8-7-11-31(26)32)13-20-36-37-27(23-46-2)22-33-38(34(37)24-47-36)40(45)42(39(33)44)30-17-15-29(16-18-30)41-28-9-5-4-6-10-28/h4-12,14-19,21,33-34,36,38,41,43H,3,13,20,22-24H2,1-2H3/b25-21+/t33-,34+,36-,38-/m1/s1. The summed E-state index contributed by atoms with van der Waals surface area (Å²) in [5.74, 6) is -0.989. The largest absolute Gasteiger partial charge is 0.507 e. The topological polar surface area (TPSA) is 88.1 Å². The van der Waals surface area contributed by atoms with Crippen LogP contribution in [0.4, 0.5) is 17.1 Å². The van der Waals surface area contributed by atoms with E-state index in [4.69, 9.17) is 9.47 Å². The van der Waals surface area contributed by atoms with Crippen LogP contribution in [0.3, 0.4) is 0 Å². The summed E-state index contributed by atoms with van der Waals surface area (Å²) < 4.78 is 12.1. The van der Waals surface area contributed by atoms with Gasteiger partial charge in [-0.3, -0.25) is 14.5 Å². The molecule has 2 saturated heterocycles. The first kappa shape index (κ1) is 30.9. The molecule has 3 aliphatic rings. The highest BCUT2D eigenvalue weighted by atomic mass is 16.5. The molecule has 0 aromatic heterocycles. The van der Waals surface area contributed by atoms with E-state index < -0.39 is 11.8 Å². The fourth-order valence-corrected chi connectivity index (χ4v) is 7.74. The maximum absolute atomic E-state index is 14.0.